The van der Waals surface area contributed by atoms with Gasteiger partial charge in [0.2, 0.25) is 0 Å². The van der Waals surface area contributed by atoms with Gasteiger partial charge in [0.25, 0.3) is 0 Å². The van der Waals surface area contributed by atoms with Crippen LogP contribution >= 0.6 is 0 Å². The van der Waals surface area contributed by atoms with Gasteiger partial charge in [0.05, 0.1) is 19.6 Å². The highest BCUT2D eigenvalue weighted by Gasteiger charge is 2.17. The van der Waals surface area contributed by atoms with Gasteiger partial charge >= 0.3 is 0 Å². The van der Waals surface area contributed by atoms with Gasteiger partial charge in [0.15, 0.2) is 28.4 Å². The van der Waals surface area contributed by atoms with Crippen molar-refractivity contribution in [3.8, 4) is 17.2 Å². The number of phenolic OH excluding ortho intramolecular Hbond substituents is 1. The fraction of sp³-hybridized carbons (Fsp3) is 0.333. The van der Waals surface area contributed by atoms with E-state index in [1.807, 2.05) is 0 Å². The van der Waals surface area contributed by atoms with Crippen LogP contribution in [0.15, 0.2) is 33.5 Å². The van der Waals surface area contributed by atoms with E-state index in [4.69, 9.17) is 4.42 Å². The molecular formula is C18H21F2N2O3+. The zero-order valence-electron chi connectivity index (χ0n) is 14.4. The van der Waals surface area contributed by atoms with Crippen LogP contribution < -0.4 is 10.3 Å². The van der Waals surface area contributed by atoms with Crippen molar-refractivity contribution in [3.63, 3.8) is 0 Å². The SMILES string of the molecule is CC[NH+](CC)CC.O=c1cc2oc3cc(O)cc(F)c3nc-2c(F)c1. The molecule has 0 atom stereocenters. The number of hydrogen-bond donors (Lipinski definition) is 2. The Morgan fingerprint density at radius 2 is 1.68 bits per heavy atom. The molecule has 3 rings (SSSR count). The van der Waals surface area contributed by atoms with Gasteiger partial charge < -0.3 is 14.4 Å². The maximum atomic E-state index is 13.5. The van der Waals surface area contributed by atoms with Crippen molar-refractivity contribution in [1.29, 1.82) is 0 Å². The van der Waals surface area contributed by atoms with Gasteiger partial charge in [-0.1, -0.05) is 0 Å². The monoisotopic (exact) mass is 351 g/mol. The lowest BCUT2D eigenvalue weighted by atomic mass is 10.2. The van der Waals surface area contributed by atoms with E-state index in [9.17, 15) is 18.7 Å². The highest BCUT2D eigenvalue weighted by Crippen LogP contribution is 2.29. The third-order valence-corrected chi connectivity index (χ3v) is 3.96. The molecule has 1 aromatic carbocycles. The first-order valence-corrected chi connectivity index (χ1v) is 8.15. The van der Waals surface area contributed by atoms with Gasteiger partial charge in [-0.3, -0.25) is 4.79 Å². The minimum absolute atomic E-state index is 0.0648. The van der Waals surface area contributed by atoms with Crippen molar-refractivity contribution in [1.82, 2.24) is 4.98 Å². The minimum Gasteiger partial charge on any atom is -0.508 e. The molecule has 0 spiro atoms. The van der Waals surface area contributed by atoms with Crippen LogP contribution in [-0.2, 0) is 0 Å². The van der Waals surface area contributed by atoms with E-state index in [-0.39, 0.29) is 28.3 Å². The Morgan fingerprint density at radius 3 is 2.24 bits per heavy atom. The van der Waals surface area contributed by atoms with Crippen LogP contribution in [0.4, 0.5) is 8.78 Å². The summed E-state index contributed by atoms with van der Waals surface area (Å²) in [5, 5.41) is 9.23. The molecule has 0 bridgehead atoms. The molecule has 5 nitrogen and oxygen atoms in total. The topological polar surface area (TPSA) is 67.8 Å². The van der Waals surface area contributed by atoms with Crippen LogP contribution in [0.25, 0.3) is 22.6 Å². The lowest BCUT2D eigenvalue weighted by Crippen LogP contribution is -3.11. The van der Waals surface area contributed by atoms with Crippen LogP contribution in [0.5, 0.6) is 5.75 Å². The molecular weight excluding hydrogens is 330 g/mol. The summed E-state index contributed by atoms with van der Waals surface area (Å²) in [4.78, 5) is 16.6. The summed E-state index contributed by atoms with van der Waals surface area (Å²) in [7, 11) is 0. The summed E-state index contributed by atoms with van der Waals surface area (Å²) in [5.74, 6) is -2.15. The first-order valence-electron chi connectivity index (χ1n) is 8.15. The van der Waals surface area contributed by atoms with E-state index in [1.165, 1.54) is 19.6 Å². The number of halogens is 2. The lowest BCUT2D eigenvalue weighted by Gasteiger charge is -2.10. The first kappa shape index (κ1) is 18.8. The van der Waals surface area contributed by atoms with E-state index in [1.54, 1.807) is 4.90 Å². The van der Waals surface area contributed by atoms with Crippen molar-refractivity contribution in [2.24, 2.45) is 0 Å². The minimum atomic E-state index is -0.879. The summed E-state index contributed by atoms with van der Waals surface area (Å²) in [5.41, 5.74) is -1.08. The number of nitrogens with zero attached hydrogens (tertiary/aromatic N) is 1. The molecule has 2 N–H and O–H groups in total. The molecule has 0 fully saturated rings. The van der Waals surface area contributed by atoms with Crippen molar-refractivity contribution in [2.75, 3.05) is 19.6 Å². The molecule has 0 radical (unpaired) electrons. The largest absolute Gasteiger partial charge is 0.508 e. The third-order valence-electron chi connectivity index (χ3n) is 3.96. The summed E-state index contributed by atoms with van der Waals surface area (Å²) in [6.45, 7) is 10.5. The molecule has 1 heterocycles. The summed E-state index contributed by atoms with van der Waals surface area (Å²) < 4.78 is 32.2. The number of quaternary nitrogens is 1. The average Bonchev–Trinajstić information content (AvgIpc) is 2.55. The molecule has 0 saturated heterocycles. The van der Waals surface area contributed by atoms with Crippen molar-refractivity contribution >= 4 is 11.1 Å². The Morgan fingerprint density at radius 1 is 1.04 bits per heavy atom. The van der Waals surface area contributed by atoms with Crippen LogP contribution in [0.2, 0.25) is 0 Å². The molecule has 25 heavy (non-hydrogen) atoms. The molecule has 0 amide bonds. The highest BCUT2D eigenvalue weighted by molar-refractivity contribution is 5.78. The summed E-state index contributed by atoms with van der Waals surface area (Å²) >= 11 is 0. The number of rotatable bonds is 3. The second kappa shape index (κ2) is 8.02. The Kier molecular flexibility index (Phi) is 6.03. The van der Waals surface area contributed by atoms with Gasteiger partial charge in [0.1, 0.15) is 17.0 Å². The molecule has 7 heteroatoms. The van der Waals surface area contributed by atoms with Crippen molar-refractivity contribution in [2.45, 2.75) is 20.8 Å². The molecule has 1 aliphatic carbocycles. The normalized spacial score (nSPS) is 11.0. The molecule has 134 valence electrons. The number of phenols is 1. The van der Waals surface area contributed by atoms with Gasteiger partial charge in [-0.25, -0.2) is 13.8 Å². The van der Waals surface area contributed by atoms with Crippen LogP contribution in [0.3, 0.4) is 0 Å². The number of aromatic hydroxyl groups is 1. The molecule has 0 saturated carbocycles. The van der Waals surface area contributed by atoms with E-state index < -0.39 is 17.1 Å². The van der Waals surface area contributed by atoms with Crippen LogP contribution in [0.1, 0.15) is 20.8 Å². The maximum Gasteiger partial charge on any atom is 0.185 e. The van der Waals surface area contributed by atoms with E-state index >= 15 is 0 Å². The predicted octanol–water partition coefficient (Wildman–Crippen LogP) is 2.21. The second-order valence-corrected chi connectivity index (χ2v) is 5.55. The maximum absolute atomic E-state index is 13.5. The Labute approximate surface area is 143 Å². The summed E-state index contributed by atoms with van der Waals surface area (Å²) in [6, 6.07) is 3.78. The fourth-order valence-corrected chi connectivity index (χ4v) is 2.46. The predicted molar refractivity (Wildman–Crippen MR) is 91.1 cm³/mol. The smallest absolute Gasteiger partial charge is 0.185 e. The Hall–Kier alpha value is -2.54. The number of nitrogens with one attached hydrogen (secondary N) is 1. The highest BCUT2D eigenvalue weighted by atomic mass is 19.1. The molecule has 2 aliphatic rings. The van der Waals surface area contributed by atoms with Crippen molar-refractivity contribution in [3.05, 3.63) is 46.1 Å². The molecule has 0 aromatic heterocycles. The lowest BCUT2D eigenvalue weighted by molar-refractivity contribution is -0.894. The molecule has 1 aliphatic heterocycles. The zero-order valence-corrected chi connectivity index (χ0v) is 14.4. The van der Waals surface area contributed by atoms with Gasteiger partial charge in [-0.05, 0) is 20.8 Å². The Bertz CT molecular complexity index is 886. The van der Waals surface area contributed by atoms with Gasteiger partial charge in [0, 0.05) is 24.3 Å². The van der Waals surface area contributed by atoms with E-state index in [2.05, 4.69) is 25.8 Å². The standard InChI is InChI=1S/C12H5F2NO3.C6H15N/c13-7-1-5(16)3-9-11(7)15-12-8(14)2-6(17)4-10(12)18-9;1-4-7(5-2)6-3/h1-4,16H;4-6H2,1-3H3/p+1. The Balaban J connectivity index is 0.000000277. The number of benzene rings is 2. The van der Waals surface area contributed by atoms with Gasteiger partial charge in [-0.2, -0.15) is 0 Å². The number of aromatic nitrogens is 1. The second-order valence-electron chi connectivity index (χ2n) is 5.55. The van der Waals surface area contributed by atoms with Crippen LogP contribution in [-0.4, -0.2) is 29.7 Å². The quantitative estimate of drug-likeness (QED) is 0.710. The number of fused-ring (bicyclic) bond motifs is 2. The van der Waals surface area contributed by atoms with Crippen LogP contribution in [0, 0.1) is 11.6 Å². The molecule has 1 aromatic rings. The van der Waals surface area contributed by atoms with Gasteiger partial charge in [-0.15, -0.1) is 0 Å². The molecule has 0 unspecified atom stereocenters. The van der Waals surface area contributed by atoms with E-state index in [0.29, 0.717) is 0 Å². The van der Waals surface area contributed by atoms with E-state index in [0.717, 1.165) is 24.3 Å². The summed E-state index contributed by atoms with van der Waals surface area (Å²) in [6.07, 6.45) is 0. The number of hydrogen-bond acceptors (Lipinski definition) is 4. The third kappa shape index (κ3) is 4.30. The zero-order chi connectivity index (χ0) is 18.6. The first-order chi connectivity index (χ1) is 11.9. The fourth-order valence-electron chi connectivity index (χ4n) is 2.46. The average molecular weight is 351 g/mol. The van der Waals surface area contributed by atoms with Crippen molar-refractivity contribution < 1.29 is 23.2 Å².